The second-order valence-electron chi connectivity index (χ2n) is 5.19. The van der Waals surface area contributed by atoms with Gasteiger partial charge in [0.1, 0.15) is 23.0 Å². The zero-order valence-corrected chi connectivity index (χ0v) is 13.8. The van der Waals surface area contributed by atoms with E-state index in [0.29, 0.717) is 18.0 Å². The van der Waals surface area contributed by atoms with Crippen LogP contribution in [0.1, 0.15) is 17.1 Å². The summed E-state index contributed by atoms with van der Waals surface area (Å²) in [5, 5.41) is 0. The molecule has 0 aliphatic carbocycles. The molecule has 122 valence electrons. The Kier molecular flexibility index (Phi) is 5.46. The molecular formula is C18H21NO4. The van der Waals surface area contributed by atoms with Crippen LogP contribution in [0.2, 0.25) is 0 Å². The first-order chi connectivity index (χ1) is 11.0. The number of hydrogen-bond donors (Lipinski definition) is 0. The van der Waals surface area contributed by atoms with E-state index in [2.05, 4.69) is 0 Å². The molecule has 0 aliphatic rings. The van der Waals surface area contributed by atoms with E-state index in [0.717, 1.165) is 17.1 Å². The number of carbonyl (C=O) groups excluding carboxylic acids is 1. The van der Waals surface area contributed by atoms with Crippen LogP contribution in [0.5, 0.6) is 11.5 Å². The van der Waals surface area contributed by atoms with E-state index in [4.69, 9.17) is 13.9 Å². The number of ether oxygens (including phenoxy) is 2. The Bertz CT molecular complexity index is 681. The van der Waals surface area contributed by atoms with Crippen LogP contribution in [0.25, 0.3) is 6.08 Å². The second kappa shape index (κ2) is 7.54. The molecule has 2 aromatic rings. The lowest BCUT2D eigenvalue weighted by Crippen LogP contribution is -2.23. The van der Waals surface area contributed by atoms with Crippen LogP contribution >= 0.6 is 0 Å². The van der Waals surface area contributed by atoms with Crippen LogP contribution in [0, 0.1) is 6.92 Å². The molecule has 0 bridgehead atoms. The van der Waals surface area contributed by atoms with Gasteiger partial charge in [0.25, 0.3) is 0 Å². The van der Waals surface area contributed by atoms with E-state index >= 15 is 0 Å². The maximum Gasteiger partial charge on any atom is 0.246 e. The number of nitrogens with zero attached hydrogens (tertiary/aromatic N) is 1. The fourth-order valence-corrected chi connectivity index (χ4v) is 2.10. The number of aryl methyl sites for hydroxylation is 1. The summed E-state index contributed by atoms with van der Waals surface area (Å²) in [6, 6.07) is 9.21. The highest BCUT2D eigenvalue weighted by molar-refractivity contribution is 5.91. The first-order valence-corrected chi connectivity index (χ1v) is 7.23. The third-order valence-electron chi connectivity index (χ3n) is 3.36. The molecule has 1 aromatic heterocycles. The summed E-state index contributed by atoms with van der Waals surface area (Å²) in [7, 11) is 4.91. The van der Waals surface area contributed by atoms with Gasteiger partial charge in [0.15, 0.2) is 0 Å². The largest absolute Gasteiger partial charge is 0.497 e. The van der Waals surface area contributed by atoms with Gasteiger partial charge in [-0.25, -0.2) is 0 Å². The van der Waals surface area contributed by atoms with Crippen molar-refractivity contribution >= 4 is 12.0 Å². The van der Waals surface area contributed by atoms with Crippen LogP contribution in [0.4, 0.5) is 0 Å². The van der Waals surface area contributed by atoms with E-state index in [1.165, 1.54) is 6.08 Å². The van der Waals surface area contributed by atoms with E-state index < -0.39 is 0 Å². The number of furan rings is 1. The van der Waals surface area contributed by atoms with Crippen molar-refractivity contribution in [2.75, 3.05) is 21.3 Å². The molecule has 1 aromatic carbocycles. The van der Waals surface area contributed by atoms with Crippen molar-refractivity contribution in [3.63, 3.8) is 0 Å². The SMILES string of the molecule is COc1cc(/C=C/C(=O)N(C)Cc2ccc(C)o2)cc(OC)c1. The number of hydrogen-bond acceptors (Lipinski definition) is 4. The zero-order chi connectivity index (χ0) is 16.8. The van der Waals surface area contributed by atoms with Crippen molar-refractivity contribution < 1.29 is 18.7 Å². The molecule has 0 saturated carbocycles. The highest BCUT2D eigenvalue weighted by Gasteiger charge is 2.08. The first kappa shape index (κ1) is 16.7. The molecular weight excluding hydrogens is 294 g/mol. The molecule has 0 fully saturated rings. The molecule has 5 nitrogen and oxygen atoms in total. The third kappa shape index (κ3) is 4.64. The molecule has 2 rings (SSSR count). The van der Waals surface area contributed by atoms with Crippen LogP contribution in [0.3, 0.4) is 0 Å². The highest BCUT2D eigenvalue weighted by Crippen LogP contribution is 2.23. The van der Waals surface area contributed by atoms with Gasteiger partial charge in [-0.2, -0.15) is 0 Å². The molecule has 0 radical (unpaired) electrons. The predicted molar refractivity (Wildman–Crippen MR) is 88.5 cm³/mol. The van der Waals surface area contributed by atoms with E-state index in [1.807, 2.05) is 31.2 Å². The summed E-state index contributed by atoms with van der Waals surface area (Å²) in [6.07, 6.45) is 3.25. The van der Waals surface area contributed by atoms with Crippen molar-refractivity contribution in [1.29, 1.82) is 0 Å². The standard InChI is InChI=1S/C18H21NO4/c1-13-5-7-15(23-13)12-19(2)18(20)8-6-14-9-16(21-3)11-17(10-14)22-4/h5-11H,12H2,1-4H3/b8-6+. The Labute approximate surface area is 136 Å². The number of likely N-dealkylation sites (N-methyl/N-ethyl adjacent to an activating group) is 1. The summed E-state index contributed by atoms with van der Waals surface area (Å²) >= 11 is 0. The van der Waals surface area contributed by atoms with E-state index in [9.17, 15) is 4.79 Å². The van der Waals surface area contributed by atoms with Gasteiger partial charge in [-0.1, -0.05) is 0 Å². The lowest BCUT2D eigenvalue weighted by Gasteiger charge is -2.13. The van der Waals surface area contributed by atoms with Gasteiger partial charge >= 0.3 is 0 Å². The van der Waals surface area contributed by atoms with Gasteiger partial charge in [-0.3, -0.25) is 4.79 Å². The quantitative estimate of drug-likeness (QED) is 0.768. The van der Waals surface area contributed by atoms with Crippen molar-refractivity contribution in [1.82, 2.24) is 4.90 Å². The van der Waals surface area contributed by atoms with Gasteiger partial charge in [-0.15, -0.1) is 0 Å². The second-order valence-corrected chi connectivity index (χ2v) is 5.19. The van der Waals surface area contributed by atoms with Crippen LogP contribution in [-0.4, -0.2) is 32.1 Å². The Morgan fingerprint density at radius 2 is 1.83 bits per heavy atom. The normalized spacial score (nSPS) is 10.8. The summed E-state index contributed by atoms with van der Waals surface area (Å²) in [6.45, 7) is 2.31. The molecule has 0 spiro atoms. The molecule has 1 heterocycles. The maximum absolute atomic E-state index is 12.2. The lowest BCUT2D eigenvalue weighted by molar-refractivity contribution is -0.125. The van der Waals surface area contributed by atoms with Crippen molar-refractivity contribution in [2.24, 2.45) is 0 Å². The molecule has 5 heteroatoms. The van der Waals surface area contributed by atoms with Gasteiger partial charge in [-0.05, 0) is 42.8 Å². The Morgan fingerprint density at radius 1 is 1.17 bits per heavy atom. The number of rotatable bonds is 6. The highest BCUT2D eigenvalue weighted by atomic mass is 16.5. The van der Waals surface area contributed by atoms with Gasteiger partial charge in [0.2, 0.25) is 5.91 Å². The molecule has 0 atom stereocenters. The smallest absolute Gasteiger partial charge is 0.246 e. The van der Waals surface area contributed by atoms with E-state index in [-0.39, 0.29) is 5.91 Å². The van der Waals surface area contributed by atoms with Gasteiger partial charge < -0.3 is 18.8 Å². The summed E-state index contributed by atoms with van der Waals surface area (Å²) in [4.78, 5) is 13.8. The van der Waals surface area contributed by atoms with Gasteiger partial charge in [0.05, 0.1) is 20.8 Å². The number of amides is 1. The third-order valence-corrected chi connectivity index (χ3v) is 3.36. The molecule has 1 amide bonds. The lowest BCUT2D eigenvalue weighted by atomic mass is 10.2. The van der Waals surface area contributed by atoms with Crippen LogP contribution in [-0.2, 0) is 11.3 Å². The maximum atomic E-state index is 12.2. The number of carbonyl (C=O) groups is 1. The Morgan fingerprint density at radius 3 is 2.35 bits per heavy atom. The molecule has 0 unspecified atom stereocenters. The van der Waals surface area contributed by atoms with Crippen LogP contribution in [0.15, 0.2) is 40.8 Å². The molecule has 0 aliphatic heterocycles. The van der Waals surface area contributed by atoms with E-state index in [1.54, 1.807) is 38.3 Å². The zero-order valence-electron chi connectivity index (χ0n) is 13.8. The minimum atomic E-state index is -0.110. The average Bonchev–Trinajstić information content (AvgIpc) is 2.96. The Balaban J connectivity index is 2.05. The fraction of sp³-hybridized carbons (Fsp3) is 0.278. The summed E-state index contributed by atoms with van der Waals surface area (Å²) < 4.78 is 15.9. The fourth-order valence-electron chi connectivity index (χ4n) is 2.10. The van der Waals surface area contributed by atoms with Crippen molar-refractivity contribution in [2.45, 2.75) is 13.5 Å². The number of methoxy groups -OCH3 is 2. The minimum absolute atomic E-state index is 0.110. The molecule has 23 heavy (non-hydrogen) atoms. The molecule has 0 N–H and O–H groups in total. The molecule has 0 saturated heterocycles. The topological polar surface area (TPSA) is 51.9 Å². The first-order valence-electron chi connectivity index (χ1n) is 7.23. The van der Waals surface area contributed by atoms with Crippen LogP contribution < -0.4 is 9.47 Å². The van der Waals surface area contributed by atoms with Gasteiger partial charge in [0, 0.05) is 19.2 Å². The predicted octanol–water partition coefficient (Wildman–Crippen LogP) is 3.28. The Hall–Kier alpha value is -2.69. The number of benzene rings is 1. The summed E-state index contributed by atoms with van der Waals surface area (Å²) in [5.41, 5.74) is 0.830. The average molecular weight is 315 g/mol. The van der Waals surface area contributed by atoms with Crippen molar-refractivity contribution in [3.05, 3.63) is 53.5 Å². The van der Waals surface area contributed by atoms with Crippen molar-refractivity contribution in [3.8, 4) is 11.5 Å². The monoisotopic (exact) mass is 315 g/mol. The summed E-state index contributed by atoms with van der Waals surface area (Å²) in [5.74, 6) is 2.84. The minimum Gasteiger partial charge on any atom is -0.497 e.